The van der Waals surface area contributed by atoms with E-state index < -0.39 is 0 Å². The van der Waals surface area contributed by atoms with Gasteiger partial charge in [0.25, 0.3) is 0 Å². The van der Waals surface area contributed by atoms with Crippen LogP contribution in [0.25, 0.3) is 0 Å². The zero-order valence-electron chi connectivity index (χ0n) is 9.82. The van der Waals surface area contributed by atoms with Crippen LogP contribution in [0.2, 0.25) is 0 Å². The highest BCUT2D eigenvalue weighted by Crippen LogP contribution is 2.18. The Hall–Kier alpha value is -0.930. The van der Waals surface area contributed by atoms with Crippen molar-refractivity contribution in [3.05, 3.63) is 29.6 Å². The summed E-state index contributed by atoms with van der Waals surface area (Å²) in [7, 11) is 0. The number of aliphatic hydroxyl groups is 1. The van der Waals surface area contributed by atoms with Crippen molar-refractivity contribution >= 4 is 0 Å². The van der Waals surface area contributed by atoms with Crippen LogP contribution in [0.4, 0.5) is 0 Å². The minimum Gasteiger partial charge on any atom is -0.392 e. The van der Waals surface area contributed by atoms with E-state index in [2.05, 4.69) is 10.3 Å². The molecule has 2 N–H and O–H groups in total. The van der Waals surface area contributed by atoms with Crippen LogP contribution in [0, 0.1) is 6.92 Å². The summed E-state index contributed by atoms with van der Waals surface area (Å²) >= 11 is 0. The van der Waals surface area contributed by atoms with E-state index in [0.29, 0.717) is 0 Å². The monoisotopic (exact) mass is 220 g/mol. The Balaban J connectivity index is 1.86. The van der Waals surface area contributed by atoms with Crippen molar-refractivity contribution in [3.8, 4) is 0 Å². The maximum Gasteiger partial charge on any atom is 0.0693 e. The van der Waals surface area contributed by atoms with Crippen molar-refractivity contribution < 1.29 is 5.11 Å². The number of nitrogens with zero attached hydrogens (tertiary/aromatic N) is 1. The van der Waals surface area contributed by atoms with Crippen molar-refractivity contribution in [2.75, 3.05) is 0 Å². The first-order chi connectivity index (χ1) is 7.75. The van der Waals surface area contributed by atoms with Gasteiger partial charge in [0.1, 0.15) is 0 Å². The largest absolute Gasteiger partial charge is 0.392 e. The Morgan fingerprint density at radius 1 is 1.38 bits per heavy atom. The molecule has 16 heavy (non-hydrogen) atoms. The molecule has 0 bridgehead atoms. The van der Waals surface area contributed by atoms with Gasteiger partial charge in [-0.1, -0.05) is 18.9 Å². The van der Waals surface area contributed by atoms with E-state index >= 15 is 0 Å². The van der Waals surface area contributed by atoms with Crippen LogP contribution >= 0.6 is 0 Å². The first-order valence-electron chi connectivity index (χ1n) is 6.10. The highest BCUT2D eigenvalue weighted by atomic mass is 16.3. The third-order valence-corrected chi connectivity index (χ3v) is 3.22. The number of rotatable bonds is 3. The number of hydrogen-bond acceptors (Lipinski definition) is 3. The molecule has 3 heteroatoms. The molecule has 0 aromatic carbocycles. The quantitative estimate of drug-likeness (QED) is 0.816. The highest BCUT2D eigenvalue weighted by Gasteiger charge is 2.22. The number of aliphatic hydroxyl groups excluding tert-OH is 1. The fraction of sp³-hybridized carbons (Fsp3) is 0.615. The van der Waals surface area contributed by atoms with E-state index in [1.807, 2.05) is 25.1 Å². The highest BCUT2D eigenvalue weighted by molar-refractivity contribution is 5.09. The SMILES string of the molecule is Cc1cccc(CN[C@@H]2CCCC[C@H]2O)n1. The molecule has 1 aliphatic carbocycles. The second-order valence-corrected chi connectivity index (χ2v) is 4.61. The fourth-order valence-electron chi connectivity index (χ4n) is 2.28. The first kappa shape index (κ1) is 11.6. The Bertz CT molecular complexity index is 340. The van der Waals surface area contributed by atoms with Gasteiger partial charge in [-0.25, -0.2) is 0 Å². The van der Waals surface area contributed by atoms with Crippen molar-refractivity contribution in [1.82, 2.24) is 10.3 Å². The lowest BCUT2D eigenvalue weighted by atomic mass is 9.92. The van der Waals surface area contributed by atoms with E-state index in [4.69, 9.17) is 0 Å². The van der Waals surface area contributed by atoms with Gasteiger partial charge < -0.3 is 10.4 Å². The van der Waals surface area contributed by atoms with Crippen LogP contribution < -0.4 is 5.32 Å². The maximum absolute atomic E-state index is 9.82. The molecular formula is C13H20N2O. The summed E-state index contributed by atoms with van der Waals surface area (Å²) in [5.74, 6) is 0. The van der Waals surface area contributed by atoms with Crippen LogP contribution in [0.5, 0.6) is 0 Å². The summed E-state index contributed by atoms with van der Waals surface area (Å²) < 4.78 is 0. The molecule has 0 spiro atoms. The zero-order chi connectivity index (χ0) is 11.4. The van der Waals surface area contributed by atoms with Gasteiger partial charge in [-0.2, -0.15) is 0 Å². The van der Waals surface area contributed by atoms with Gasteiger partial charge in [-0.3, -0.25) is 4.98 Å². The van der Waals surface area contributed by atoms with Gasteiger partial charge in [0, 0.05) is 18.3 Å². The van der Waals surface area contributed by atoms with E-state index in [-0.39, 0.29) is 12.1 Å². The van der Waals surface area contributed by atoms with E-state index in [1.54, 1.807) is 0 Å². The molecule has 0 radical (unpaired) electrons. The van der Waals surface area contributed by atoms with Crippen molar-refractivity contribution in [1.29, 1.82) is 0 Å². The molecule has 0 unspecified atom stereocenters. The predicted octanol–water partition coefficient (Wildman–Crippen LogP) is 1.78. The number of aromatic nitrogens is 1. The van der Waals surface area contributed by atoms with Crippen LogP contribution in [-0.4, -0.2) is 22.2 Å². The number of nitrogens with one attached hydrogen (secondary N) is 1. The summed E-state index contributed by atoms with van der Waals surface area (Å²) in [4.78, 5) is 4.44. The predicted molar refractivity (Wildman–Crippen MR) is 64.1 cm³/mol. The lowest BCUT2D eigenvalue weighted by Crippen LogP contribution is -2.41. The van der Waals surface area contributed by atoms with E-state index in [9.17, 15) is 5.11 Å². The number of pyridine rings is 1. The van der Waals surface area contributed by atoms with Gasteiger partial charge in [-0.15, -0.1) is 0 Å². The second-order valence-electron chi connectivity index (χ2n) is 4.61. The molecule has 1 aromatic rings. The summed E-state index contributed by atoms with van der Waals surface area (Å²) in [6, 6.07) is 6.29. The fourth-order valence-corrected chi connectivity index (χ4v) is 2.28. The van der Waals surface area contributed by atoms with Gasteiger partial charge in [0.2, 0.25) is 0 Å². The lowest BCUT2D eigenvalue weighted by Gasteiger charge is -2.28. The summed E-state index contributed by atoms with van der Waals surface area (Å²) in [5, 5.41) is 13.2. The third kappa shape index (κ3) is 3.03. The van der Waals surface area contributed by atoms with Gasteiger partial charge in [-0.05, 0) is 31.9 Å². The normalized spacial score (nSPS) is 25.6. The Morgan fingerprint density at radius 3 is 2.94 bits per heavy atom. The second kappa shape index (κ2) is 5.41. The Kier molecular flexibility index (Phi) is 3.91. The molecule has 2 rings (SSSR count). The van der Waals surface area contributed by atoms with Crippen LogP contribution in [-0.2, 0) is 6.54 Å². The van der Waals surface area contributed by atoms with E-state index in [1.165, 1.54) is 6.42 Å². The molecule has 0 amide bonds. The Morgan fingerprint density at radius 2 is 2.19 bits per heavy atom. The van der Waals surface area contributed by atoms with Crippen molar-refractivity contribution in [3.63, 3.8) is 0 Å². The average molecular weight is 220 g/mol. The topological polar surface area (TPSA) is 45.1 Å². The summed E-state index contributed by atoms with van der Waals surface area (Å²) in [6.07, 6.45) is 4.20. The smallest absolute Gasteiger partial charge is 0.0693 e. The molecule has 1 heterocycles. The molecule has 0 saturated heterocycles. The number of aryl methyl sites for hydroxylation is 1. The first-order valence-corrected chi connectivity index (χ1v) is 6.10. The van der Waals surface area contributed by atoms with Gasteiger partial charge in [0.15, 0.2) is 0 Å². The van der Waals surface area contributed by atoms with Gasteiger partial charge >= 0.3 is 0 Å². The Labute approximate surface area is 96.9 Å². The van der Waals surface area contributed by atoms with Crippen LogP contribution in [0.15, 0.2) is 18.2 Å². The number of hydrogen-bond donors (Lipinski definition) is 2. The van der Waals surface area contributed by atoms with Crippen molar-refractivity contribution in [2.24, 2.45) is 0 Å². The average Bonchev–Trinajstić information content (AvgIpc) is 2.28. The molecule has 3 nitrogen and oxygen atoms in total. The lowest BCUT2D eigenvalue weighted by molar-refractivity contribution is 0.0901. The van der Waals surface area contributed by atoms with Crippen LogP contribution in [0.1, 0.15) is 37.1 Å². The van der Waals surface area contributed by atoms with Crippen LogP contribution in [0.3, 0.4) is 0 Å². The molecule has 1 aromatic heterocycles. The van der Waals surface area contributed by atoms with Crippen molar-refractivity contribution in [2.45, 2.75) is 51.3 Å². The molecule has 2 atom stereocenters. The van der Waals surface area contributed by atoms with E-state index in [0.717, 1.165) is 37.2 Å². The molecule has 88 valence electrons. The molecule has 1 fully saturated rings. The maximum atomic E-state index is 9.82. The standard InChI is InChI=1S/C13H20N2O/c1-10-5-4-6-11(15-10)9-14-12-7-2-3-8-13(12)16/h4-6,12-14,16H,2-3,7-9H2,1H3/t12-,13-/m1/s1. The third-order valence-electron chi connectivity index (χ3n) is 3.22. The minimum atomic E-state index is -0.182. The summed E-state index contributed by atoms with van der Waals surface area (Å²) in [6.45, 7) is 2.75. The van der Waals surface area contributed by atoms with Gasteiger partial charge in [0.05, 0.1) is 11.8 Å². The zero-order valence-corrected chi connectivity index (χ0v) is 9.82. The molecule has 1 aliphatic rings. The molecule has 0 aliphatic heterocycles. The molecule has 1 saturated carbocycles. The summed E-state index contributed by atoms with van der Waals surface area (Å²) in [5.41, 5.74) is 2.10. The molecular weight excluding hydrogens is 200 g/mol. The minimum absolute atomic E-state index is 0.182.